The van der Waals surface area contributed by atoms with E-state index in [1.165, 1.54) is 23.5 Å². The normalized spacial score (nSPS) is 11.8. The number of hydrogen-bond acceptors (Lipinski definition) is 4. The van der Waals surface area contributed by atoms with Gasteiger partial charge in [0.25, 0.3) is 5.91 Å². The first-order valence-electron chi connectivity index (χ1n) is 6.20. The fourth-order valence-electron chi connectivity index (χ4n) is 1.71. The van der Waals surface area contributed by atoms with E-state index in [0.29, 0.717) is 22.5 Å². The smallest absolute Gasteiger partial charge is 0.263 e. The van der Waals surface area contributed by atoms with Gasteiger partial charge in [-0.1, -0.05) is 13.8 Å². The number of fused-ring (bicyclic) bond motifs is 1. The molecule has 0 aliphatic rings. The number of nitrogen functional groups attached to an aromatic ring is 1. The number of carbonyl (C=O) groups excluding carboxylic acids is 1. The highest BCUT2D eigenvalue weighted by molar-refractivity contribution is 7.21. The van der Waals surface area contributed by atoms with Crippen LogP contribution in [-0.2, 0) is 0 Å². The third-order valence-electron chi connectivity index (χ3n) is 3.05. The number of amides is 1. The van der Waals surface area contributed by atoms with Crippen molar-refractivity contribution >= 4 is 33.0 Å². The number of aliphatic hydroxyl groups excluding tert-OH is 1. The van der Waals surface area contributed by atoms with Gasteiger partial charge in [0.1, 0.15) is 10.7 Å². The van der Waals surface area contributed by atoms with Crippen LogP contribution < -0.4 is 11.1 Å². The van der Waals surface area contributed by atoms with Crippen LogP contribution in [0.15, 0.2) is 18.2 Å². The molecule has 20 heavy (non-hydrogen) atoms. The highest BCUT2D eigenvalue weighted by Crippen LogP contribution is 2.34. The number of aliphatic hydroxyl groups is 1. The van der Waals surface area contributed by atoms with Gasteiger partial charge in [-0.3, -0.25) is 4.79 Å². The minimum Gasteiger partial charge on any atom is -0.397 e. The van der Waals surface area contributed by atoms with Gasteiger partial charge in [-0.05, 0) is 18.2 Å². The number of rotatable bonds is 4. The summed E-state index contributed by atoms with van der Waals surface area (Å²) in [6.45, 7) is 4.00. The van der Waals surface area contributed by atoms with E-state index in [0.717, 1.165) is 4.70 Å². The van der Waals surface area contributed by atoms with Gasteiger partial charge in [0.2, 0.25) is 0 Å². The zero-order chi connectivity index (χ0) is 14.9. The Balaban J connectivity index is 2.25. The topological polar surface area (TPSA) is 75.3 Å². The van der Waals surface area contributed by atoms with Crippen molar-refractivity contribution in [3.63, 3.8) is 0 Å². The quantitative estimate of drug-likeness (QED) is 0.811. The van der Waals surface area contributed by atoms with Gasteiger partial charge in [-0.2, -0.15) is 0 Å². The standard InChI is InChI=1S/C14H17FN2O2S/c1-14(2,7-18)6-17-13(19)12-11(16)9-5-8(15)3-4-10(9)20-12/h3-5,18H,6-7,16H2,1-2H3,(H,17,19). The maximum atomic E-state index is 13.2. The fraction of sp³-hybridized carbons (Fsp3) is 0.357. The molecule has 0 fully saturated rings. The summed E-state index contributed by atoms with van der Waals surface area (Å²) in [4.78, 5) is 12.5. The van der Waals surface area contributed by atoms with Crippen molar-refractivity contribution < 1.29 is 14.3 Å². The number of thiophene rings is 1. The number of hydrogen-bond donors (Lipinski definition) is 3. The molecule has 1 aromatic heterocycles. The molecule has 2 aromatic rings. The summed E-state index contributed by atoms with van der Waals surface area (Å²) >= 11 is 1.23. The highest BCUT2D eigenvalue weighted by Gasteiger charge is 2.21. The van der Waals surface area contributed by atoms with Crippen LogP contribution in [0, 0.1) is 11.2 Å². The molecule has 0 saturated carbocycles. The van der Waals surface area contributed by atoms with Gasteiger partial charge in [0, 0.05) is 28.7 Å². The molecule has 0 radical (unpaired) electrons. The van der Waals surface area contributed by atoms with E-state index in [1.807, 2.05) is 13.8 Å². The van der Waals surface area contributed by atoms with Crippen molar-refractivity contribution in [2.45, 2.75) is 13.8 Å². The van der Waals surface area contributed by atoms with Gasteiger partial charge in [-0.25, -0.2) is 4.39 Å². The molecule has 1 amide bonds. The maximum Gasteiger partial charge on any atom is 0.263 e. The number of nitrogens with one attached hydrogen (secondary N) is 1. The van der Waals surface area contributed by atoms with Crippen LogP contribution in [-0.4, -0.2) is 24.2 Å². The SMILES string of the molecule is CC(C)(CO)CNC(=O)c1sc2ccc(F)cc2c1N. The van der Waals surface area contributed by atoms with Crippen LogP contribution in [0.1, 0.15) is 23.5 Å². The van der Waals surface area contributed by atoms with Crippen LogP contribution in [0.3, 0.4) is 0 Å². The van der Waals surface area contributed by atoms with Crippen LogP contribution in [0.2, 0.25) is 0 Å². The van der Waals surface area contributed by atoms with Gasteiger partial charge in [0.05, 0.1) is 5.69 Å². The summed E-state index contributed by atoms with van der Waals surface area (Å²) in [6, 6.07) is 4.28. The van der Waals surface area contributed by atoms with Crippen LogP contribution in [0.5, 0.6) is 0 Å². The molecule has 4 nitrogen and oxygen atoms in total. The molecule has 0 bridgehead atoms. The Morgan fingerprint density at radius 3 is 2.85 bits per heavy atom. The van der Waals surface area contributed by atoms with Crippen molar-refractivity contribution in [1.29, 1.82) is 0 Å². The molecule has 0 saturated heterocycles. The molecular weight excluding hydrogens is 279 g/mol. The average Bonchev–Trinajstić information content (AvgIpc) is 2.74. The van der Waals surface area contributed by atoms with E-state index >= 15 is 0 Å². The molecule has 0 atom stereocenters. The number of nitrogens with two attached hydrogens (primary N) is 1. The second kappa shape index (κ2) is 5.38. The van der Waals surface area contributed by atoms with Crippen molar-refractivity contribution in [3.05, 3.63) is 28.9 Å². The first-order valence-corrected chi connectivity index (χ1v) is 7.02. The molecule has 6 heteroatoms. The van der Waals surface area contributed by atoms with Crippen molar-refractivity contribution in [3.8, 4) is 0 Å². The van der Waals surface area contributed by atoms with Gasteiger partial charge < -0.3 is 16.2 Å². The zero-order valence-corrected chi connectivity index (χ0v) is 12.2. The fourth-order valence-corrected chi connectivity index (χ4v) is 2.73. The average molecular weight is 296 g/mol. The third kappa shape index (κ3) is 2.91. The number of halogens is 1. The van der Waals surface area contributed by atoms with E-state index < -0.39 is 5.41 Å². The molecule has 0 unspecified atom stereocenters. The van der Waals surface area contributed by atoms with Gasteiger partial charge in [0.15, 0.2) is 0 Å². The second-order valence-corrected chi connectivity index (χ2v) is 6.54. The Labute approximate surface area is 120 Å². The number of carbonyl (C=O) groups is 1. The van der Waals surface area contributed by atoms with E-state index in [1.54, 1.807) is 6.07 Å². The molecule has 0 aliphatic carbocycles. The lowest BCUT2D eigenvalue weighted by Gasteiger charge is -2.21. The van der Waals surface area contributed by atoms with Crippen molar-refractivity contribution in [2.24, 2.45) is 5.41 Å². The van der Waals surface area contributed by atoms with E-state index in [-0.39, 0.29) is 18.3 Å². The molecule has 0 spiro atoms. The van der Waals surface area contributed by atoms with Crippen molar-refractivity contribution in [2.75, 3.05) is 18.9 Å². The number of anilines is 1. The van der Waals surface area contributed by atoms with Crippen LogP contribution >= 0.6 is 11.3 Å². The zero-order valence-electron chi connectivity index (χ0n) is 11.4. The predicted octanol–water partition coefficient (Wildman–Crippen LogP) is 2.37. The lowest BCUT2D eigenvalue weighted by molar-refractivity contribution is 0.0916. The molecule has 108 valence electrons. The van der Waals surface area contributed by atoms with Crippen LogP contribution in [0.4, 0.5) is 10.1 Å². The van der Waals surface area contributed by atoms with E-state index in [4.69, 9.17) is 10.8 Å². The Morgan fingerprint density at radius 2 is 2.20 bits per heavy atom. The molecule has 1 aromatic carbocycles. The summed E-state index contributed by atoms with van der Waals surface area (Å²) in [7, 11) is 0. The summed E-state index contributed by atoms with van der Waals surface area (Å²) < 4.78 is 14.0. The van der Waals surface area contributed by atoms with E-state index in [2.05, 4.69) is 5.32 Å². The molecule has 0 aliphatic heterocycles. The lowest BCUT2D eigenvalue weighted by Crippen LogP contribution is -2.35. The summed E-state index contributed by atoms with van der Waals surface area (Å²) in [5.41, 5.74) is 5.81. The second-order valence-electron chi connectivity index (χ2n) is 5.49. The summed E-state index contributed by atoms with van der Waals surface area (Å²) in [5.74, 6) is -0.680. The summed E-state index contributed by atoms with van der Waals surface area (Å²) in [6.07, 6.45) is 0. The first-order chi connectivity index (χ1) is 9.34. The monoisotopic (exact) mass is 296 g/mol. The largest absolute Gasteiger partial charge is 0.397 e. The molecule has 2 rings (SSSR count). The minimum absolute atomic E-state index is 0.0274. The van der Waals surface area contributed by atoms with E-state index in [9.17, 15) is 9.18 Å². The molecule has 1 heterocycles. The molecular formula is C14H17FN2O2S. The molecule has 4 N–H and O–H groups in total. The lowest BCUT2D eigenvalue weighted by atomic mass is 9.95. The Kier molecular flexibility index (Phi) is 3.96. The number of benzene rings is 1. The third-order valence-corrected chi connectivity index (χ3v) is 4.24. The summed E-state index contributed by atoms with van der Waals surface area (Å²) in [5, 5.41) is 12.5. The Hall–Kier alpha value is -1.66. The van der Waals surface area contributed by atoms with Crippen molar-refractivity contribution in [1.82, 2.24) is 5.32 Å². The Bertz CT molecular complexity index is 652. The Morgan fingerprint density at radius 1 is 1.50 bits per heavy atom. The maximum absolute atomic E-state index is 13.2. The van der Waals surface area contributed by atoms with Crippen LogP contribution in [0.25, 0.3) is 10.1 Å². The highest BCUT2D eigenvalue weighted by atomic mass is 32.1. The minimum atomic E-state index is -0.396. The first kappa shape index (κ1) is 14.7. The van der Waals surface area contributed by atoms with Gasteiger partial charge >= 0.3 is 0 Å². The van der Waals surface area contributed by atoms with Gasteiger partial charge in [-0.15, -0.1) is 11.3 Å². The predicted molar refractivity (Wildman–Crippen MR) is 79.4 cm³/mol.